The van der Waals surface area contributed by atoms with Crippen LogP contribution < -0.4 is 5.32 Å². The van der Waals surface area contributed by atoms with Crippen LogP contribution in [0.1, 0.15) is 20.8 Å². The van der Waals surface area contributed by atoms with Crippen molar-refractivity contribution in [1.29, 1.82) is 0 Å². The summed E-state index contributed by atoms with van der Waals surface area (Å²) < 4.78 is 1.71. The summed E-state index contributed by atoms with van der Waals surface area (Å²) >= 11 is 1.36. The van der Waals surface area contributed by atoms with Gasteiger partial charge in [0.15, 0.2) is 0 Å². The monoisotopic (exact) mass is 312 g/mol. The molecule has 0 bridgehead atoms. The molecule has 3 rings (SSSR count). The number of aryl methyl sites for hydroxylation is 3. The Bertz CT molecular complexity index is 834. The summed E-state index contributed by atoms with van der Waals surface area (Å²) in [6.45, 7) is 3.98. The SMILES string of the molecule is Cc1ccc(C)c(NC(=O)c2cnc(-c3cnn(C)c3)s2)c1. The van der Waals surface area contributed by atoms with Crippen molar-refractivity contribution in [3.63, 3.8) is 0 Å². The summed E-state index contributed by atoms with van der Waals surface area (Å²) in [6, 6.07) is 5.99. The molecular weight excluding hydrogens is 296 g/mol. The fourth-order valence-corrected chi connectivity index (χ4v) is 2.88. The first-order valence-corrected chi connectivity index (χ1v) is 7.68. The van der Waals surface area contributed by atoms with E-state index in [2.05, 4.69) is 15.4 Å². The van der Waals surface area contributed by atoms with E-state index in [4.69, 9.17) is 0 Å². The smallest absolute Gasteiger partial charge is 0.267 e. The van der Waals surface area contributed by atoms with Crippen molar-refractivity contribution in [2.75, 3.05) is 5.32 Å². The van der Waals surface area contributed by atoms with E-state index in [1.165, 1.54) is 11.3 Å². The fourth-order valence-electron chi connectivity index (χ4n) is 2.10. The minimum atomic E-state index is -0.138. The molecule has 0 aliphatic rings. The number of carbonyl (C=O) groups is 1. The molecule has 1 N–H and O–H groups in total. The molecule has 22 heavy (non-hydrogen) atoms. The highest BCUT2D eigenvalue weighted by Crippen LogP contribution is 2.25. The molecule has 112 valence electrons. The normalized spacial score (nSPS) is 10.7. The van der Waals surface area contributed by atoms with Gasteiger partial charge in [0.2, 0.25) is 0 Å². The Morgan fingerprint density at radius 1 is 1.27 bits per heavy atom. The van der Waals surface area contributed by atoms with E-state index in [-0.39, 0.29) is 5.91 Å². The average Bonchev–Trinajstić information content (AvgIpc) is 3.11. The maximum atomic E-state index is 12.4. The Morgan fingerprint density at radius 2 is 2.09 bits per heavy atom. The Kier molecular flexibility index (Phi) is 3.77. The van der Waals surface area contributed by atoms with Gasteiger partial charge in [0.25, 0.3) is 5.91 Å². The molecule has 0 aliphatic carbocycles. The van der Waals surface area contributed by atoms with Crippen molar-refractivity contribution in [3.05, 3.63) is 52.8 Å². The lowest BCUT2D eigenvalue weighted by Gasteiger charge is -2.07. The first-order chi connectivity index (χ1) is 10.5. The molecule has 2 aromatic heterocycles. The molecule has 6 heteroatoms. The van der Waals surface area contributed by atoms with E-state index in [1.54, 1.807) is 17.1 Å². The lowest BCUT2D eigenvalue weighted by atomic mass is 10.1. The zero-order valence-electron chi connectivity index (χ0n) is 12.6. The van der Waals surface area contributed by atoms with Crippen molar-refractivity contribution in [1.82, 2.24) is 14.8 Å². The van der Waals surface area contributed by atoms with Crippen molar-refractivity contribution < 1.29 is 4.79 Å². The first kappa shape index (κ1) is 14.5. The molecule has 1 amide bonds. The number of hydrogen-bond donors (Lipinski definition) is 1. The van der Waals surface area contributed by atoms with Gasteiger partial charge >= 0.3 is 0 Å². The van der Waals surface area contributed by atoms with Gasteiger partial charge in [-0.1, -0.05) is 12.1 Å². The van der Waals surface area contributed by atoms with Gasteiger partial charge in [-0.15, -0.1) is 11.3 Å². The fraction of sp³-hybridized carbons (Fsp3) is 0.188. The summed E-state index contributed by atoms with van der Waals surface area (Å²) in [7, 11) is 1.85. The lowest BCUT2D eigenvalue weighted by molar-refractivity contribution is 0.103. The van der Waals surface area contributed by atoms with Gasteiger partial charge < -0.3 is 5.32 Å². The van der Waals surface area contributed by atoms with Crippen LogP contribution in [0.5, 0.6) is 0 Å². The number of aromatic nitrogens is 3. The minimum absolute atomic E-state index is 0.138. The molecule has 0 saturated heterocycles. The summed E-state index contributed by atoms with van der Waals surface area (Å²) in [5.41, 5.74) is 3.90. The molecular formula is C16H16N4OS. The Labute approximate surface area is 132 Å². The molecule has 2 heterocycles. The molecule has 0 fully saturated rings. The Morgan fingerprint density at radius 3 is 2.82 bits per heavy atom. The molecule has 0 radical (unpaired) electrons. The zero-order chi connectivity index (χ0) is 15.7. The van der Waals surface area contributed by atoms with Crippen LogP contribution in [0, 0.1) is 13.8 Å². The van der Waals surface area contributed by atoms with Crippen molar-refractivity contribution in [2.24, 2.45) is 7.05 Å². The molecule has 3 aromatic rings. The quantitative estimate of drug-likeness (QED) is 0.806. The number of nitrogens with one attached hydrogen (secondary N) is 1. The van der Waals surface area contributed by atoms with Gasteiger partial charge in [0.1, 0.15) is 9.88 Å². The van der Waals surface area contributed by atoms with Crippen LogP contribution in [-0.2, 0) is 7.05 Å². The van der Waals surface area contributed by atoms with Gasteiger partial charge in [0, 0.05) is 24.5 Å². The third-order valence-electron chi connectivity index (χ3n) is 3.32. The van der Waals surface area contributed by atoms with E-state index in [0.29, 0.717) is 4.88 Å². The summed E-state index contributed by atoms with van der Waals surface area (Å²) in [5, 5.41) is 7.86. The number of nitrogens with zero attached hydrogens (tertiary/aromatic N) is 3. The van der Waals surface area contributed by atoms with Gasteiger partial charge in [0.05, 0.1) is 12.4 Å². The predicted octanol–water partition coefficient (Wildman–Crippen LogP) is 3.41. The zero-order valence-corrected chi connectivity index (χ0v) is 13.4. The number of thiazole rings is 1. The van der Waals surface area contributed by atoms with Crippen LogP contribution in [-0.4, -0.2) is 20.7 Å². The largest absolute Gasteiger partial charge is 0.321 e. The van der Waals surface area contributed by atoms with E-state index in [9.17, 15) is 4.79 Å². The number of amides is 1. The molecule has 0 unspecified atom stereocenters. The van der Waals surface area contributed by atoms with E-state index < -0.39 is 0 Å². The second kappa shape index (κ2) is 5.73. The molecule has 0 aliphatic heterocycles. The summed E-state index contributed by atoms with van der Waals surface area (Å²) in [6.07, 6.45) is 5.23. The van der Waals surface area contributed by atoms with E-state index >= 15 is 0 Å². The number of hydrogen-bond acceptors (Lipinski definition) is 4. The molecule has 1 aromatic carbocycles. The van der Waals surface area contributed by atoms with Gasteiger partial charge in [-0.2, -0.15) is 5.10 Å². The van der Waals surface area contributed by atoms with E-state index in [0.717, 1.165) is 27.4 Å². The maximum Gasteiger partial charge on any atom is 0.267 e. The highest BCUT2D eigenvalue weighted by atomic mass is 32.1. The van der Waals surface area contributed by atoms with Crippen molar-refractivity contribution >= 4 is 22.9 Å². The summed E-state index contributed by atoms with van der Waals surface area (Å²) in [4.78, 5) is 17.3. The van der Waals surface area contributed by atoms with Crippen LogP contribution in [0.2, 0.25) is 0 Å². The predicted molar refractivity (Wildman–Crippen MR) is 88.2 cm³/mol. The standard InChI is InChI=1S/C16H16N4OS/c1-10-4-5-11(2)13(6-10)19-15(21)14-8-17-16(22-14)12-7-18-20(3)9-12/h4-9H,1-3H3,(H,19,21). The molecule has 5 nitrogen and oxygen atoms in total. The highest BCUT2D eigenvalue weighted by Gasteiger charge is 2.13. The second-order valence-corrected chi connectivity index (χ2v) is 6.24. The van der Waals surface area contributed by atoms with Crippen LogP contribution in [0.3, 0.4) is 0 Å². The average molecular weight is 312 g/mol. The second-order valence-electron chi connectivity index (χ2n) is 5.20. The third kappa shape index (κ3) is 2.92. The Balaban J connectivity index is 1.81. The maximum absolute atomic E-state index is 12.4. The number of rotatable bonds is 3. The number of anilines is 1. The van der Waals surface area contributed by atoms with Gasteiger partial charge in [-0.25, -0.2) is 4.98 Å². The third-order valence-corrected chi connectivity index (χ3v) is 4.37. The minimum Gasteiger partial charge on any atom is -0.321 e. The van der Waals surface area contributed by atoms with Crippen LogP contribution in [0.25, 0.3) is 10.6 Å². The van der Waals surface area contributed by atoms with E-state index in [1.807, 2.05) is 45.3 Å². The lowest BCUT2D eigenvalue weighted by Crippen LogP contribution is -2.11. The first-order valence-electron chi connectivity index (χ1n) is 6.86. The Hall–Kier alpha value is -2.47. The number of benzene rings is 1. The van der Waals surface area contributed by atoms with Crippen LogP contribution >= 0.6 is 11.3 Å². The number of carbonyl (C=O) groups excluding carboxylic acids is 1. The van der Waals surface area contributed by atoms with Crippen LogP contribution in [0.15, 0.2) is 36.8 Å². The molecule has 0 saturated carbocycles. The van der Waals surface area contributed by atoms with Crippen molar-refractivity contribution in [2.45, 2.75) is 13.8 Å². The molecule has 0 atom stereocenters. The van der Waals surface area contributed by atoms with Crippen LogP contribution in [0.4, 0.5) is 5.69 Å². The highest BCUT2D eigenvalue weighted by molar-refractivity contribution is 7.17. The topological polar surface area (TPSA) is 59.8 Å². The van der Waals surface area contributed by atoms with Gasteiger partial charge in [-0.3, -0.25) is 9.48 Å². The summed E-state index contributed by atoms with van der Waals surface area (Å²) in [5.74, 6) is -0.138. The van der Waals surface area contributed by atoms with Crippen molar-refractivity contribution in [3.8, 4) is 10.6 Å². The molecule has 0 spiro atoms. The van der Waals surface area contributed by atoms with Gasteiger partial charge in [-0.05, 0) is 31.0 Å².